The Labute approximate surface area is 230 Å². The molecule has 2 heteroatoms. The molecule has 8 aromatic rings. The van der Waals surface area contributed by atoms with Gasteiger partial charge in [-0.25, -0.2) is 0 Å². The monoisotopic (exact) mass is 515 g/mol. The molecular weight excluding hydrogens is 490 g/mol. The summed E-state index contributed by atoms with van der Waals surface area (Å²) in [6.07, 6.45) is 0. The zero-order valence-electron chi connectivity index (χ0n) is 21.8. The van der Waals surface area contributed by atoms with E-state index in [0.29, 0.717) is 0 Å². The van der Waals surface area contributed by atoms with Gasteiger partial charge in [-0.05, 0) is 50.4 Å². The van der Waals surface area contributed by atoms with Gasteiger partial charge in [0.1, 0.15) is 0 Å². The number of rotatable bonds is 1. The molecule has 1 aliphatic rings. The molecule has 0 atom stereocenters. The van der Waals surface area contributed by atoms with Crippen molar-refractivity contribution >= 4 is 64.8 Å². The maximum atomic E-state index is 2.55. The maximum Gasteiger partial charge on any atom is 0.0719 e. The van der Waals surface area contributed by atoms with E-state index in [0.717, 1.165) is 0 Å². The van der Waals surface area contributed by atoms with Crippen molar-refractivity contribution in [2.45, 2.75) is 19.3 Å². The summed E-state index contributed by atoms with van der Waals surface area (Å²) in [4.78, 5) is 1.43. The van der Waals surface area contributed by atoms with E-state index in [4.69, 9.17) is 0 Å². The van der Waals surface area contributed by atoms with E-state index in [1.165, 1.54) is 80.7 Å². The summed E-state index contributed by atoms with van der Waals surface area (Å²) in [6.45, 7) is 4.78. The fourth-order valence-corrected chi connectivity index (χ4v) is 8.78. The number of fused-ring (bicyclic) bond motifs is 12. The van der Waals surface area contributed by atoms with E-state index >= 15 is 0 Å². The summed E-state index contributed by atoms with van der Waals surface area (Å²) in [6, 6.07) is 42.7. The summed E-state index contributed by atoms with van der Waals surface area (Å²) < 4.78 is 3.93. The van der Waals surface area contributed by atoms with E-state index in [9.17, 15) is 0 Å². The molecule has 0 saturated heterocycles. The summed E-state index contributed by atoms with van der Waals surface area (Å²) in [7, 11) is 0. The van der Waals surface area contributed by atoms with E-state index in [1.54, 1.807) is 0 Å². The molecule has 0 N–H and O–H groups in total. The second-order valence-corrected chi connectivity index (χ2v) is 12.4. The van der Waals surface area contributed by atoms with E-state index in [-0.39, 0.29) is 5.41 Å². The Kier molecular flexibility index (Phi) is 4.07. The van der Waals surface area contributed by atoms with Crippen molar-refractivity contribution in [2.75, 3.05) is 0 Å². The highest BCUT2D eigenvalue weighted by Crippen LogP contribution is 2.56. The van der Waals surface area contributed by atoms with Crippen LogP contribution in [-0.2, 0) is 5.41 Å². The van der Waals surface area contributed by atoms with Crippen molar-refractivity contribution in [3.8, 4) is 16.1 Å². The zero-order chi connectivity index (χ0) is 25.9. The lowest BCUT2D eigenvalue weighted by Gasteiger charge is -2.21. The van der Waals surface area contributed by atoms with Crippen molar-refractivity contribution in [1.82, 2.24) is 4.57 Å². The number of aromatic nitrogens is 1. The predicted octanol–water partition coefficient (Wildman–Crippen LogP) is 10.6. The van der Waals surface area contributed by atoms with Crippen molar-refractivity contribution in [1.29, 1.82) is 0 Å². The SMILES string of the molecule is CC1(C)c2ccccc2-c2sc3c(ccc4c5ccccc5n(-c5cc6ccccc6c6ccccc56)c43)c21. The molecule has 184 valence electrons. The first-order valence-corrected chi connectivity index (χ1v) is 14.4. The molecule has 0 unspecified atom stereocenters. The molecular formula is C37H25NS. The summed E-state index contributed by atoms with van der Waals surface area (Å²) >= 11 is 1.97. The third-order valence-corrected chi connectivity index (χ3v) is 10.2. The van der Waals surface area contributed by atoms with Crippen LogP contribution >= 0.6 is 11.3 Å². The Hall–Kier alpha value is -4.40. The second kappa shape index (κ2) is 7.37. The molecule has 2 heterocycles. The normalized spacial score (nSPS) is 14.1. The first kappa shape index (κ1) is 21.5. The van der Waals surface area contributed by atoms with Gasteiger partial charge in [0.15, 0.2) is 0 Å². The molecule has 2 aromatic heterocycles. The van der Waals surface area contributed by atoms with Crippen LogP contribution in [0.4, 0.5) is 0 Å². The van der Waals surface area contributed by atoms with Gasteiger partial charge in [0.05, 0.1) is 21.4 Å². The smallest absolute Gasteiger partial charge is 0.0719 e. The molecule has 39 heavy (non-hydrogen) atoms. The maximum absolute atomic E-state index is 2.55. The second-order valence-electron chi connectivity index (χ2n) is 11.3. The fraction of sp³-hybridized carbons (Fsp3) is 0.0811. The number of para-hydroxylation sites is 1. The van der Waals surface area contributed by atoms with Gasteiger partial charge in [-0.3, -0.25) is 0 Å². The average Bonchev–Trinajstić information content (AvgIpc) is 3.60. The van der Waals surface area contributed by atoms with E-state index in [2.05, 4.69) is 134 Å². The van der Waals surface area contributed by atoms with Gasteiger partial charge in [0.2, 0.25) is 0 Å². The van der Waals surface area contributed by atoms with E-state index in [1.807, 2.05) is 11.3 Å². The van der Waals surface area contributed by atoms with Crippen LogP contribution in [0.15, 0.2) is 115 Å². The average molecular weight is 516 g/mol. The topological polar surface area (TPSA) is 4.93 Å². The molecule has 9 rings (SSSR count). The van der Waals surface area contributed by atoms with Gasteiger partial charge < -0.3 is 4.57 Å². The van der Waals surface area contributed by atoms with Crippen LogP contribution < -0.4 is 0 Å². The Morgan fingerprint density at radius 1 is 0.590 bits per heavy atom. The molecule has 0 bridgehead atoms. The van der Waals surface area contributed by atoms with Crippen LogP contribution in [0.3, 0.4) is 0 Å². The first-order chi connectivity index (χ1) is 19.1. The lowest BCUT2D eigenvalue weighted by Crippen LogP contribution is -2.14. The van der Waals surface area contributed by atoms with Crippen LogP contribution in [0.1, 0.15) is 25.0 Å². The standard InChI is InChI=1S/C37H25NS/c1-37(2)30-17-9-7-16-28(30)35-33(37)29-20-19-27-26-15-8-10-18-31(26)38(34(27)36(29)39-35)32-21-22-11-3-4-12-23(22)24-13-5-6-14-25(24)32/h3-21H,1-2H3. The molecule has 1 nitrogen and oxygen atoms in total. The Bertz CT molecular complexity index is 2310. The summed E-state index contributed by atoms with van der Waals surface area (Å²) in [5.74, 6) is 0. The Morgan fingerprint density at radius 2 is 1.26 bits per heavy atom. The molecule has 1 aliphatic carbocycles. The van der Waals surface area contributed by atoms with Gasteiger partial charge >= 0.3 is 0 Å². The molecule has 0 spiro atoms. The van der Waals surface area contributed by atoms with Gasteiger partial charge in [-0.15, -0.1) is 11.3 Å². The molecule has 6 aromatic carbocycles. The summed E-state index contributed by atoms with van der Waals surface area (Å²) in [5.41, 5.74) is 8.11. The molecule has 0 saturated carbocycles. The summed E-state index contributed by atoms with van der Waals surface area (Å²) in [5, 5.41) is 9.17. The van der Waals surface area contributed by atoms with Crippen molar-refractivity contribution in [3.05, 3.63) is 126 Å². The number of nitrogens with zero attached hydrogens (tertiary/aromatic N) is 1. The lowest BCUT2D eigenvalue weighted by molar-refractivity contribution is 0.667. The molecule has 0 aliphatic heterocycles. The van der Waals surface area contributed by atoms with Crippen LogP contribution in [-0.4, -0.2) is 4.57 Å². The first-order valence-electron chi connectivity index (χ1n) is 13.6. The number of hydrogen-bond donors (Lipinski definition) is 0. The number of thiophene rings is 1. The van der Waals surface area contributed by atoms with Crippen LogP contribution in [0, 0.1) is 0 Å². The highest BCUT2D eigenvalue weighted by Gasteiger charge is 2.39. The molecule has 0 radical (unpaired) electrons. The Balaban J connectivity index is 1.50. The highest BCUT2D eigenvalue weighted by atomic mass is 32.1. The van der Waals surface area contributed by atoms with E-state index < -0.39 is 0 Å². The number of benzene rings is 6. The highest BCUT2D eigenvalue weighted by molar-refractivity contribution is 7.23. The largest absolute Gasteiger partial charge is 0.307 e. The van der Waals surface area contributed by atoms with Gasteiger partial charge in [-0.1, -0.05) is 117 Å². The van der Waals surface area contributed by atoms with Crippen molar-refractivity contribution in [2.24, 2.45) is 0 Å². The minimum atomic E-state index is -0.0235. The van der Waals surface area contributed by atoms with Crippen LogP contribution in [0.5, 0.6) is 0 Å². The van der Waals surface area contributed by atoms with Gasteiger partial charge in [0, 0.05) is 26.5 Å². The van der Waals surface area contributed by atoms with Crippen LogP contribution in [0.2, 0.25) is 0 Å². The van der Waals surface area contributed by atoms with Gasteiger partial charge in [0.25, 0.3) is 0 Å². The number of hydrogen-bond acceptors (Lipinski definition) is 1. The molecule has 0 fully saturated rings. The third kappa shape index (κ3) is 2.65. The van der Waals surface area contributed by atoms with Crippen molar-refractivity contribution in [3.63, 3.8) is 0 Å². The lowest BCUT2D eigenvalue weighted by atomic mass is 9.81. The Morgan fingerprint density at radius 3 is 2.13 bits per heavy atom. The van der Waals surface area contributed by atoms with Crippen LogP contribution in [0.25, 0.3) is 69.6 Å². The minimum absolute atomic E-state index is 0.0235. The minimum Gasteiger partial charge on any atom is -0.307 e. The quantitative estimate of drug-likeness (QED) is 0.192. The predicted molar refractivity (Wildman–Crippen MR) is 169 cm³/mol. The third-order valence-electron chi connectivity index (χ3n) is 8.95. The zero-order valence-corrected chi connectivity index (χ0v) is 22.6. The van der Waals surface area contributed by atoms with Crippen molar-refractivity contribution < 1.29 is 0 Å². The molecule has 0 amide bonds. The van der Waals surface area contributed by atoms with Gasteiger partial charge in [-0.2, -0.15) is 0 Å². The fourth-order valence-electron chi connectivity index (χ4n) is 7.24.